The van der Waals surface area contributed by atoms with Crippen molar-refractivity contribution in [2.45, 2.75) is 26.3 Å². The number of hydrogen-bond acceptors (Lipinski definition) is 6. The zero-order valence-electron chi connectivity index (χ0n) is 14.6. The maximum Gasteiger partial charge on any atom is 0.225 e. The van der Waals surface area contributed by atoms with Gasteiger partial charge >= 0.3 is 0 Å². The SMILES string of the molecule is CC[C@@H](C)Nc1nc(Nc2ccc(O)cc2Cl)cc(-c2cccnc2)n1. The van der Waals surface area contributed by atoms with Crippen molar-refractivity contribution in [2.75, 3.05) is 10.6 Å². The van der Waals surface area contributed by atoms with E-state index in [9.17, 15) is 5.11 Å². The zero-order chi connectivity index (χ0) is 18.5. The third kappa shape index (κ3) is 4.40. The number of aromatic nitrogens is 3. The first-order valence-corrected chi connectivity index (χ1v) is 8.74. The molecular weight excluding hydrogens is 350 g/mol. The van der Waals surface area contributed by atoms with Crippen LogP contribution in [0.1, 0.15) is 20.3 Å². The van der Waals surface area contributed by atoms with Crippen LogP contribution >= 0.6 is 11.6 Å². The van der Waals surface area contributed by atoms with Crippen molar-refractivity contribution in [3.05, 3.63) is 53.8 Å². The van der Waals surface area contributed by atoms with Gasteiger partial charge in [0.15, 0.2) is 0 Å². The molecule has 0 amide bonds. The monoisotopic (exact) mass is 369 g/mol. The Morgan fingerprint density at radius 2 is 2.04 bits per heavy atom. The van der Waals surface area contributed by atoms with Crippen molar-refractivity contribution < 1.29 is 5.11 Å². The summed E-state index contributed by atoms with van der Waals surface area (Å²) in [5.41, 5.74) is 2.29. The average Bonchev–Trinajstić information content (AvgIpc) is 2.64. The minimum Gasteiger partial charge on any atom is -0.508 e. The Morgan fingerprint density at radius 1 is 1.19 bits per heavy atom. The minimum atomic E-state index is 0.110. The van der Waals surface area contributed by atoms with Gasteiger partial charge in [0.2, 0.25) is 5.95 Å². The van der Waals surface area contributed by atoms with Crippen molar-refractivity contribution in [1.82, 2.24) is 15.0 Å². The first-order chi connectivity index (χ1) is 12.5. The molecule has 3 aromatic rings. The van der Waals surface area contributed by atoms with Crippen molar-refractivity contribution in [1.29, 1.82) is 0 Å². The number of nitrogens with zero attached hydrogens (tertiary/aromatic N) is 3. The molecule has 134 valence electrons. The minimum absolute atomic E-state index is 0.110. The highest BCUT2D eigenvalue weighted by Crippen LogP contribution is 2.30. The average molecular weight is 370 g/mol. The lowest BCUT2D eigenvalue weighted by Gasteiger charge is -2.15. The van der Waals surface area contributed by atoms with Crippen LogP contribution in [-0.4, -0.2) is 26.1 Å². The van der Waals surface area contributed by atoms with Crippen LogP contribution in [0.5, 0.6) is 5.75 Å². The number of halogens is 1. The smallest absolute Gasteiger partial charge is 0.225 e. The van der Waals surface area contributed by atoms with Gasteiger partial charge in [-0.3, -0.25) is 4.98 Å². The first kappa shape index (κ1) is 17.9. The number of nitrogens with one attached hydrogen (secondary N) is 2. The highest BCUT2D eigenvalue weighted by molar-refractivity contribution is 6.33. The molecule has 0 aliphatic carbocycles. The standard InChI is InChI=1S/C19H20ClN5O/c1-3-12(2)22-19-24-17(13-5-4-8-21-11-13)10-18(25-19)23-16-7-6-14(26)9-15(16)20/h4-12,26H,3H2,1-2H3,(H2,22,23,24,25)/t12-/m1/s1. The molecule has 0 aliphatic heterocycles. The van der Waals surface area contributed by atoms with E-state index in [0.29, 0.717) is 22.5 Å². The summed E-state index contributed by atoms with van der Waals surface area (Å²) in [5, 5.41) is 16.4. The highest BCUT2D eigenvalue weighted by Gasteiger charge is 2.10. The van der Waals surface area contributed by atoms with Gasteiger partial charge < -0.3 is 15.7 Å². The number of aromatic hydroxyl groups is 1. The number of phenolic OH excluding ortho intramolecular Hbond substituents is 1. The third-order valence-electron chi connectivity index (χ3n) is 3.89. The van der Waals surface area contributed by atoms with Crippen molar-refractivity contribution in [2.24, 2.45) is 0 Å². The van der Waals surface area contributed by atoms with Crippen LogP contribution in [0.3, 0.4) is 0 Å². The second kappa shape index (κ2) is 8.01. The molecule has 0 spiro atoms. The highest BCUT2D eigenvalue weighted by atomic mass is 35.5. The van der Waals surface area contributed by atoms with Crippen LogP contribution in [0, 0.1) is 0 Å². The lowest BCUT2D eigenvalue weighted by Crippen LogP contribution is -2.16. The van der Waals surface area contributed by atoms with Gasteiger partial charge in [-0.05, 0) is 37.6 Å². The van der Waals surface area contributed by atoms with Gasteiger partial charge in [-0.1, -0.05) is 18.5 Å². The van der Waals surface area contributed by atoms with E-state index in [0.717, 1.165) is 17.7 Å². The fourth-order valence-corrected chi connectivity index (χ4v) is 2.53. The quantitative estimate of drug-likeness (QED) is 0.538. The zero-order valence-corrected chi connectivity index (χ0v) is 15.3. The molecule has 0 bridgehead atoms. The molecule has 2 heterocycles. The largest absolute Gasteiger partial charge is 0.508 e. The van der Waals surface area contributed by atoms with Crippen LogP contribution in [0.15, 0.2) is 48.8 Å². The summed E-state index contributed by atoms with van der Waals surface area (Å²) >= 11 is 6.19. The Morgan fingerprint density at radius 3 is 2.73 bits per heavy atom. The Labute approximate surface area is 157 Å². The molecule has 3 rings (SSSR count). The fourth-order valence-electron chi connectivity index (χ4n) is 2.30. The van der Waals surface area contributed by atoms with Crippen molar-refractivity contribution in [3.8, 4) is 17.0 Å². The maximum atomic E-state index is 9.51. The molecule has 1 atom stereocenters. The first-order valence-electron chi connectivity index (χ1n) is 8.36. The number of anilines is 3. The van der Waals surface area contributed by atoms with Crippen LogP contribution in [0.4, 0.5) is 17.5 Å². The summed E-state index contributed by atoms with van der Waals surface area (Å²) in [6.07, 6.45) is 4.43. The van der Waals surface area contributed by atoms with Gasteiger partial charge in [-0.2, -0.15) is 4.98 Å². The van der Waals surface area contributed by atoms with E-state index in [1.165, 1.54) is 6.07 Å². The van der Waals surface area contributed by atoms with Crippen LogP contribution in [-0.2, 0) is 0 Å². The molecule has 26 heavy (non-hydrogen) atoms. The predicted octanol–water partition coefficient (Wildman–Crippen LogP) is 4.85. The molecule has 0 fully saturated rings. The molecule has 0 radical (unpaired) electrons. The number of hydrogen-bond donors (Lipinski definition) is 3. The molecule has 1 aromatic carbocycles. The number of phenols is 1. The van der Waals surface area contributed by atoms with Crippen molar-refractivity contribution >= 4 is 29.1 Å². The van der Waals surface area contributed by atoms with Crippen LogP contribution in [0.25, 0.3) is 11.3 Å². The molecule has 0 unspecified atom stereocenters. The Bertz CT molecular complexity index is 888. The molecule has 2 aromatic heterocycles. The van der Waals surface area contributed by atoms with Gasteiger partial charge in [-0.15, -0.1) is 0 Å². The van der Waals surface area contributed by atoms with Gasteiger partial charge in [-0.25, -0.2) is 4.98 Å². The van der Waals surface area contributed by atoms with E-state index in [4.69, 9.17) is 11.6 Å². The van der Waals surface area contributed by atoms with Crippen LogP contribution in [0.2, 0.25) is 5.02 Å². The predicted molar refractivity (Wildman–Crippen MR) is 105 cm³/mol. The lowest BCUT2D eigenvalue weighted by atomic mass is 10.2. The van der Waals surface area contributed by atoms with E-state index in [1.807, 2.05) is 18.2 Å². The van der Waals surface area contributed by atoms with E-state index >= 15 is 0 Å². The Hall–Kier alpha value is -2.86. The summed E-state index contributed by atoms with van der Waals surface area (Å²) in [7, 11) is 0. The number of rotatable bonds is 6. The molecule has 6 nitrogen and oxygen atoms in total. The molecule has 3 N–H and O–H groups in total. The summed E-state index contributed by atoms with van der Waals surface area (Å²) in [6, 6.07) is 10.6. The van der Waals surface area contributed by atoms with Gasteiger partial charge in [0.1, 0.15) is 11.6 Å². The maximum absolute atomic E-state index is 9.51. The van der Waals surface area contributed by atoms with E-state index in [1.54, 1.807) is 24.5 Å². The molecule has 0 saturated heterocycles. The summed E-state index contributed by atoms with van der Waals surface area (Å²) in [6.45, 7) is 4.17. The van der Waals surface area contributed by atoms with Gasteiger partial charge in [0, 0.05) is 36.1 Å². The fraction of sp³-hybridized carbons (Fsp3) is 0.211. The Balaban J connectivity index is 1.98. The van der Waals surface area contributed by atoms with E-state index < -0.39 is 0 Å². The normalized spacial score (nSPS) is 11.8. The summed E-state index contributed by atoms with van der Waals surface area (Å²) in [4.78, 5) is 13.3. The van der Waals surface area contributed by atoms with Crippen LogP contribution < -0.4 is 10.6 Å². The molecule has 7 heteroatoms. The molecular formula is C19H20ClN5O. The Kier molecular flexibility index (Phi) is 5.53. The summed E-state index contributed by atoms with van der Waals surface area (Å²) in [5.74, 6) is 1.23. The summed E-state index contributed by atoms with van der Waals surface area (Å²) < 4.78 is 0. The van der Waals surface area contributed by atoms with Crippen molar-refractivity contribution in [3.63, 3.8) is 0 Å². The lowest BCUT2D eigenvalue weighted by molar-refractivity contribution is 0.475. The second-order valence-electron chi connectivity index (χ2n) is 5.95. The number of pyridine rings is 1. The molecule has 0 aliphatic rings. The van der Waals surface area contributed by atoms with E-state index in [2.05, 4.69) is 39.4 Å². The van der Waals surface area contributed by atoms with Gasteiger partial charge in [0.05, 0.1) is 16.4 Å². The molecule has 0 saturated carbocycles. The van der Waals surface area contributed by atoms with Gasteiger partial charge in [0.25, 0.3) is 0 Å². The number of benzene rings is 1. The topological polar surface area (TPSA) is 83.0 Å². The van der Waals surface area contributed by atoms with E-state index in [-0.39, 0.29) is 11.8 Å². The third-order valence-corrected chi connectivity index (χ3v) is 4.20. The second-order valence-corrected chi connectivity index (χ2v) is 6.35.